The topological polar surface area (TPSA) is 40.5 Å². The molecular formula is C28H48O2. The summed E-state index contributed by atoms with van der Waals surface area (Å²) in [5.41, 5.74) is 1.42. The Balaban J connectivity index is 1.52. The van der Waals surface area contributed by atoms with Gasteiger partial charge >= 0.3 is 0 Å². The van der Waals surface area contributed by atoms with Crippen molar-refractivity contribution in [3.05, 3.63) is 11.6 Å². The van der Waals surface area contributed by atoms with E-state index in [-0.39, 0.29) is 0 Å². The maximum Gasteiger partial charge on any atom is 0.0682 e. The van der Waals surface area contributed by atoms with Crippen LogP contribution in [0, 0.1) is 40.4 Å². The molecule has 4 aliphatic rings. The molecule has 4 aliphatic carbocycles. The van der Waals surface area contributed by atoms with Gasteiger partial charge in [-0.1, -0.05) is 39.3 Å². The lowest BCUT2D eigenvalue weighted by atomic mass is 9.46. The summed E-state index contributed by atoms with van der Waals surface area (Å²) in [7, 11) is 0. The van der Waals surface area contributed by atoms with Crippen molar-refractivity contribution in [3.8, 4) is 0 Å². The number of fused-ring (bicyclic) bond motifs is 5. The van der Waals surface area contributed by atoms with E-state index in [0.29, 0.717) is 16.7 Å². The van der Waals surface area contributed by atoms with Crippen molar-refractivity contribution < 1.29 is 10.2 Å². The van der Waals surface area contributed by atoms with Crippen LogP contribution >= 0.6 is 0 Å². The smallest absolute Gasteiger partial charge is 0.0682 e. The van der Waals surface area contributed by atoms with Crippen molar-refractivity contribution in [3.63, 3.8) is 0 Å². The van der Waals surface area contributed by atoms with Crippen molar-refractivity contribution >= 4 is 0 Å². The highest BCUT2D eigenvalue weighted by Gasteiger charge is 2.59. The van der Waals surface area contributed by atoms with Gasteiger partial charge in [0.1, 0.15) is 0 Å². The van der Waals surface area contributed by atoms with Gasteiger partial charge in [0.25, 0.3) is 0 Å². The number of hydrogen-bond acceptors (Lipinski definition) is 2. The fraction of sp³-hybridized carbons (Fsp3) is 0.929. The van der Waals surface area contributed by atoms with E-state index < -0.39 is 11.2 Å². The van der Waals surface area contributed by atoms with Gasteiger partial charge in [-0.25, -0.2) is 0 Å². The van der Waals surface area contributed by atoms with Crippen LogP contribution < -0.4 is 0 Å². The minimum Gasteiger partial charge on any atom is -0.390 e. The SMILES string of the molecule is CC[C@]1(O)CC[C@@]2(C)C(=CC[C@H]3[C@@H]4CC[C@H]([C@H](C)CCC(C)(C)O)[C@@]4(C)CC[C@@H]32)C1. The van der Waals surface area contributed by atoms with Gasteiger partial charge in [0.05, 0.1) is 11.2 Å². The minimum atomic E-state index is -0.536. The fourth-order valence-corrected chi connectivity index (χ4v) is 8.77. The second-order valence-electron chi connectivity index (χ2n) is 13.1. The molecular weight excluding hydrogens is 368 g/mol. The second-order valence-corrected chi connectivity index (χ2v) is 13.1. The zero-order valence-corrected chi connectivity index (χ0v) is 20.6. The van der Waals surface area contributed by atoms with Crippen LogP contribution in [0.15, 0.2) is 11.6 Å². The lowest BCUT2D eigenvalue weighted by molar-refractivity contribution is -0.0761. The molecule has 3 fully saturated rings. The molecule has 8 atom stereocenters. The quantitative estimate of drug-likeness (QED) is 0.479. The molecule has 172 valence electrons. The van der Waals surface area contributed by atoms with Crippen molar-refractivity contribution in [2.45, 2.75) is 123 Å². The van der Waals surface area contributed by atoms with Crippen LogP contribution in [0.5, 0.6) is 0 Å². The zero-order chi connectivity index (χ0) is 21.9. The van der Waals surface area contributed by atoms with Crippen LogP contribution in [-0.2, 0) is 0 Å². The third-order valence-corrected chi connectivity index (χ3v) is 10.9. The van der Waals surface area contributed by atoms with Gasteiger partial charge in [0.15, 0.2) is 0 Å². The third-order valence-electron chi connectivity index (χ3n) is 10.9. The predicted octanol–water partition coefficient (Wildman–Crippen LogP) is 6.89. The van der Waals surface area contributed by atoms with Gasteiger partial charge in [-0.2, -0.15) is 0 Å². The monoisotopic (exact) mass is 416 g/mol. The summed E-state index contributed by atoms with van der Waals surface area (Å²) in [5, 5.41) is 21.2. The molecule has 0 aromatic rings. The van der Waals surface area contributed by atoms with Gasteiger partial charge in [0, 0.05) is 0 Å². The lowest BCUT2D eigenvalue weighted by Crippen LogP contribution is -2.52. The van der Waals surface area contributed by atoms with Crippen molar-refractivity contribution in [1.29, 1.82) is 0 Å². The number of aliphatic hydroxyl groups is 2. The summed E-state index contributed by atoms with van der Waals surface area (Å²) >= 11 is 0. The Labute approximate surface area is 185 Å². The normalized spacial score (nSPS) is 47.1. The Morgan fingerprint density at radius 3 is 2.50 bits per heavy atom. The largest absolute Gasteiger partial charge is 0.390 e. The van der Waals surface area contributed by atoms with Crippen LogP contribution in [0.25, 0.3) is 0 Å². The van der Waals surface area contributed by atoms with Crippen LogP contribution in [0.4, 0.5) is 0 Å². The van der Waals surface area contributed by atoms with Gasteiger partial charge in [-0.3, -0.25) is 0 Å². The van der Waals surface area contributed by atoms with E-state index >= 15 is 0 Å². The van der Waals surface area contributed by atoms with Gasteiger partial charge < -0.3 is 10.2 Å². The Bertz CT molecular complexity index is 675. The molecule has 0 bridgehead atoms. The van der Waals surface area contributed by atoms with E-state index in [2.05, 4.69) is 33.8 Å². The first kappa shape index (κ1) is 22.8. The van der Waals surface area contributed by atoms with E-state index in [4.69, 9.17) is 0 Å². The summed E-state index contributed by atoms with van der Waals surface area (Å²) in [6, 6.07) is 0. The van der Waals surface area contributed by atoms with Crippen molar-refractivity contribution in [1.82, 2.24) is 0 Å². The van der Waals surface area contributed by atoms with Crippen molar-refractivity contribution in [2.24, 2.45) is 40.4 Å². The van der Waals surface area contributed by atoms with Gasteiger partial charge in [-0.15, -0.1) is 0 Å². The van der Waals surface area contributed by atoms with Crippen LogP contribution in [-0.4, -0.2) is 21.4 Å². The molecule has 0 aromatic heterocycles. The highest BCUT2D eigenvalue weighted by molar-refractivity contribution is 5.27. The molecule has 4 rings (SSSR count). The highest BCUT2D eigenvalue weighted by Crippen LogP contribution is 2.67. The Hall–Kier alpha value is -0.340. The molecule has 0 aliphatic heterocycles. The summed E-state index contributed by atoms with van der Waals surface area (Å²) in [5.74, 6) is 4.06. The molecule has 0 spiro atoms. The molecule has 0 saturated heterocycles. The number of hydrogen-bond donors (Lipinski definition) is 2. The number of allylic oxidation sites excluding steroid dienone is 1. The second kappa shape index (κ2) is 7.62. The molecule has 0 amide bonds. The zero-order valence-electron chi connectivity index (χ0n) is 20.6. The summed E-state index contributed by atoms with van der Waals surface area (Å²) in [6.45, 7) is 13.7. The molecule has 2 nitrogen and oxygen atoms in total. The molecule has 0 unspecified atom stereocenters. The molecule has 2 N–H and O–H groups in total. The fourth-order valence-electron chi connectivity index (χ4n) is 8.77. The average Bonchev–Trinajstić information content (AvgIpc) is 3.03. The van der Waals surface area contributed by atoms with E-state index in [1.54, 1.807) is 5.57 Å². The molecule has 0 aromatic carbocycles. The van der Waals surface area contributed by atoms with Crippen molar-refractivity contribution in [2.75, 3.05) is 0 Å². The van der Waals surface area contributed by atoms with Crippen LogP contribution in [0.2, 0.25) is 0 Å². The van der Waals surface area contributed by atoms with E-state index in [0.717, 1.165) is 55.8 Å². The molecule has 0 heterocycles. The maximum atomic E-state index is 11.0. The molecule has 30 heavy (non-hydrogen) atoms. The molecule has 3 saturated carbocycles. The van der Waals surface area contributed by atoms with E-state index in [1.807, 2.05) is 13.8 Å². The van der Waals surface area contributed by atoms with Crippen LogP contribution in [0.3, 0.4) is 0 Å². The number of rotatable bonds is 5. The average molecular weight is 417 g/mol. The predicted molar refractivity (Wildman–Crippen MR) is 125 cm³/mol. The van der Waals surface area contributed by atoms with Gasteiger partial charge in [-0.05, 0) is 125 Å². The van der Waals surface area contributed by atoms with E-state index in [1.165, 1.54) is 38.5 Å². The van der Waals surface area contributed by atoms with E-state index in [9.17, 15) is 10.2 Å². The van der Waals surface area contributed by atoms with Crippen LogP contribution in [0.1, 0.15) is 112 Å². The molecule has 2 heteroatoms. The van der Waals surface area contributed by atoms with Gasteiger partial charge in [0.2, 0.25) is 0 Å². The minimum absolute atomic E-state index is 0.330. The maximum absolute atomic E-state index is 11.0. The Morgan fingerprint density at radius 1 is 1.10 bits per heavy atom. The first-order chi connectivity index (χ1) is 13.9. The Morgan fingerprint density at radius 2 is 1.83 bits per heavy atom. The molecule has 0 radical (unpaired) electrons. The summed E-state index contributed by atoms with van der Waals surface area (Å²) in [6.07, 6.45) is 15.4. The first-order valence-electron chi connectivity index (χ1n) is 13.1. The standard InChI is InChI=1S/C28H48O2/c1-7-28(30)17-16-26(5)20(18-28)8-9-21-23-11-10-22(19(2)12-14-25(3,4)29)27(23,6)15-13-24(21)26/h8,19,21-24,29-30H,7,9-18H2,1-6H3/t19-,21+,22-,23+,24+,26+,27-,28+/m1/s1. The third kappa shape index (κ3) is 3.72. The summed E-state index contributed by atoms with van der Waals surface area (Å²) < 4.78 is 0. The summed E-state index contributed by atoms with van der Waals surface area (Å²) in [4.78, 5) is 0. The highest BCUT2D eigenvalue weighted by atomic mass is 16.3. The Kier molecular flexibility index (Phi) is 5.80. The first-order valence-corrected chi connectivity index (χ1v) is 13.1. The lowest BCUT2D eigenvalue weighted by Gasteiger charge is -2.59.